The van der Waals surface area contributed by atoms with E-state index in [1.165, 1.54) is 74.2 Å². The van der Waals surface area contributed by atoms with E-state index in [-0.39, 0.29) is 0 Å². The second-order valence-electron chi connectivity index (χ2n) is 14.5. The lowest BCUT2D eigenvalue weighted by molar-refractivity contribution is 1.20. The molecule has 0 spiro atoms. The molecular formula is C51H31N3S2. The Morgan fingerprint density at radius 2 is 1.27 bits per heavy atom. The predicted octanol–water partition coefficient (Wildman–Crippen LogP) is 14.3. The van der Waals surface area contributed by atoms with Gasteiger partial charge in [-0.05, 0) is 99.1 Å². The van der Waals surface area contributed by atoms with E-state index in [4.69, 9.17) is 9.97 Å². The van der Waals surface area contributed by atoms with Gasteiger partial charge in [0.1, 0.15) is 10.3 Å². The van der Waals surface area contributed by atoms with Gasteiger partial charge in [0.05, 0.1) is 23.0 Å². The van der Waals surface area contributed by atoms with Crippen LogP contribution in [0.25, 0.3) is 95.8 Å². The summed E-state index contributed by atoms with van der Waals surface area (Å²) in [5.74, 6) is 0. The molecule has 262 valence electrons. The molecule has 0 fully saturated rings. The van der Waals surface area contributed by atoms with Crippen molar-refractivity contribution in [2.45, 2.75) is 13.3 Å². The smallest absolute Gasteiger partial charge is 0.143 e. The first-order valence-corrected chi connectivity index (χ1v) is 20.4. The van der Waals surface area contributed by atoms with Crippen molar-refractivity contribution in [2.75, 3.05) is 0 Å². The molecular weight excluding hydrogens is 719 g/mol. The second kappa shape index (κ2) is 13.0. The zero-order valence-electron chi connectivity index (χ0n) is 30.4. The molecule has 3 heterocycles. The van der Waals surface area contributed by atoms with E-state index in [0.717, 1.165) is 44.7 Å². The first-order valence-electron chi connectivity index (χ1n) is 18.7. The van der Waals surface area contributed by atoms with Crippen LogP contribution >= 0.6 is 22.7 Å². The fraction of sp³-hybridized carbons (Fsp3) is 0.0392. The Balaban J connectivity index is 1.10. The number of nitrogens with zero attached hydrogens (tertiary/aromatic N) is 3. The van der Waals surface area contributed by atoms with E-state index in [9.17, 15) is 5.26 Å². The highest BCUT2D eigenvalue weighted by atomic mass is 32.1. The summed E-state index contributed by atoms with van der Waals surface area (Å²) in [5, 5.41) is 18.4. The number of benzene rings is 8. The Morgan fingerprint density at radius 3 is 2.11 bits per heavy atom. The highest BCUT2D eigenvalue weighted by molar-refractivity contribution is 7.26. The minimum atomic E-state index is 0.619. The monoisotopic (exact) mass is 749 g/mol. The van der Waals surface area contributed by atoms with Crippen molar-refractivity contribution >= 4 is 84.8 Å². The fourth-order valence-electron chi connectivity index (χ4n) is 8.38. The third-order valence-corrected chi connectivity index (χ3v) is 13.4. The lowest BCUT2D eigenvalue weighted by atomic mass is 9.88. The molecule has 0 amide bonds. The molecule has 0 aliphatic rings. The maximum Gasteiger partial charge on any atom is 0.143 e. The Labute approximate surface area is 331 Å². The van der Waals surface area contributed by atoms with Gasteiger partial charge in [0.25, 0.3) is 0 Å². The third-order valence-electron chi connectivity index (χ3n) is 11.2. The molecule has 3 aromatic heterocycles. The fourth-order valence-corrected chi connectivity index (χ4v) is 10.7. The summed E-state index contributed by atoms with van der Waals surface area (Å²) >= 11 is 3.57. The van der Waals surface area contributed by atoms with Crippen LogP contribution in [0.15, 0.2) is 158 Å². The second-order valence-corrected chi connectivity index (χ2v) is 16.6. The van der Waals surface area contributed by atoms with Crippen LogP contribution < -0.4 is 0 Å². The van der Waals surface area contributed by atoms with Gasteiger partial charge < -0.3 is 0 Å². The van der Waals surface area contributed by atoms with Gasteiger partial charge >= 0.3 is 0 Å². The SMILES string of the molecule is Cc1c(-c2cc3c(cc2Cc2cccc(-c4nc5sc6ccccc6c5nc4-c4ccc(C#N)cc4)c2)sc2c4ccccc4ccc32)ccc2ccccc12. The van der Waals surface area contributed by atoms with Crippen LogP contribution in [0.2, 0.25) is 0 Å². The first-order chi connectivity index (χ1) is 27.6. The largest absolute Gasteiger partial charge is 0.242 e. The summed E-state index contributed by atoms with van der Waals surface area (Å²) in [5.41, 5.74) is 11.5. The van der Waals surface area contributed by atoms with Crippen molar-refractivity contribution in [3.63, 3.8) is 0 Å². The lowest BCUT2D eigenvalue weighted by Crippen LogP contribution is -1.97. The van der Waals surface area contributed by atoms with Crippen molar-refractivity contribution in [3.8, 4) is 39.7 Å². The van der Waals surface area contributed by atoms with Crippen LogP contribution in [-0.2, 0) is 6.42 Å². The molecule has 0 saturated heterocycles. The zero-order chi connectivity index (χ0) is 37.3. The quantitative estimate of drug-likeness (QED) is 0.176. The molecule has 0 bridgehead atoms. The van der Waals surface area contributed by atoms with Gasteiger partial charge in [-0.3, -0.25) is 0 Å². The van der Waals surface area contributed by atoms with E-state index >= 15 is 0 Å². The first kappa shape index (κ1) is 32.7. The molecule has 5 heteroatoms. The van der Waals surface area contributed by atoms with Crippen LogP contribution in [0.4, 0.5) is 0 Å². The number of fused-ring (bicyclic) bond motifs is 9. The normalized spacial score (nSPS) is 11.7. The van der Waals surface area contributed by atoms with Gasteiger partial charge in [-0.1, -0.05) is 121 Å². The van der Waals surface area contributed by atoms with Crippen molar-refractivity contribution in [3.05, 3.63) is 180 Å². The molecule has 11 aromatic rings. The van der Waals surface area contributed by atoms with E-state index in [1.807, 2.05) is 35.6 Å². The number of aromatic nitrogens is 2. The van der Waals surface area contributed by atoms with Gasteiger partial charge in [0, 0.05) is 41.4 Å². The Morgan fingerprint density at radius 1 is 0.536 bits per heavy atom. The number of hydrogen-bond donors (Lipinski definition) is 0. The summed E-state index contributed by atoms with van der Waals surface area (Å²) in [6, 6.07) is 58.6. The highest BCUT2D eigenvalue weighted by Gasteiger charge is 2.19. The highest BCUT2D eigenvalue weighted by Crippen LogP contribution is 2.44. The van der Waals surface area contributed by atoms with Crippen LogP contribution in [0.1, 0.15) is 22.3 Å². The van der Waals surface area contributed by atoms with Crippen LogP contribution in [-0.4, -0.2) is 9.97 Å². The lowest BCUT2D eigenvalue weighted by Gasteiger charge is -2.16. The number of nitriles is 1. The Hall–Kier alpha value is -6.71. The molecule has 0 aliphatic carbocycles. The number of rotatable bonds is 5. The molecule has 56 heavy (non-hydrogen) atoms. The molecule has 0 aliphatic heterocycles. The van der Waals surface area contributed by atoms with Crippen molar-refractivity contribution in [1.82, 2.24) is 9.97 Å². The molecule has 0 atom stereocenters. The number of hydrogen-bond acceptors (Lipinski definition) is 5. The minimum absolute atomic E-state index is 0.619. The van der Waals surface area contributed by atoms with Crippen LogP contribution in [0, 0.1) is 18.3 Å². The van der Waals surface area contributed by atoms with Crippen LogP contribution in [0.3, 0.4) is 0 Å². The molecule has 0 saturated carbocycles. The summed E-state index contributed by atoms with van der Waals surface area (Å²) in [6.45, 7) is 2.26. The van der Waals surface area contributed by atoms with E-state index < -0.39 is 0 Å². The van der Waals surface area contributed by atoms with Crippen molar-refractivity contribution in [1.29, 1.82) is 5.26 Å². The predicted molar refractivity (Wildman–Crippen MR) is 238 cm³/mol. The molecule has 0 N–H and O–H groups in total. The standard InChI is InChI=1S/C51H31N3S2/c1-30-38-13-4-2-10-33(38)21-23-39(30)43-28-44-41-24-22-34-11-3-5-14-40(34)50(41)55-46(44)27-37(43)26-32-9-8-12-36(25-32)48-47(35-19-17-31(29-52)18-20-35)53-49-42-15-6-7-16-45(42)56-51(49)54-48/h2-25,27-28H,26H2,1H3. The van der Waals surface area contributed by atoms with Gasteiger partial charge in [-0.25, -0.2) is 9.97 Å². The zero-order valence-corrected chi connectivity index (χ0v) is 32.0. The average molecular weight is 750 g/mol. The average Bonchev–Trinajstić information content (AvgIpc) is 3.81. The number of aryl methyl sites for hydroxylation is 1. The van der Waals surface area contributed by atoms with Gasteiger partial charge in [0.15, 0.2) is 0 Å². The van der Waals surface area contributed by atoms with Crippen LogP contribution in [0.5, 0.6) is 0 Å². The molecule has 0 radical (unpaired) electrons. The molecule has 0 unspecified atom stereocenters. The number of thiophene rings is 2. The summed E-state index contributed by atoms with van der Waals surface area (Å²) in [7, 11) is 0. The van der Waals surface area contributed by atoms with E-state index in [0.29, 0.717) is 5.56 Å². The Bertz CT molecular complexity index is 3420. The van der Waals surface area contributed by atoms with Crippen molar-refractivity contribution < 1.29 is 0 Å². The Kier molecular flexibility index (Phi) is 7.57. The molecule has 8 aromatic carbocycles. The minimum Gasteiger partial charge on any atom is -0.242 e. The summed E-state index contributed by atoms with van der Waals surface area (Å²) < 4.78 is 3.80. The third kappa shape index (κ3) is 5.30. The van der Waals surface area contributed by atoms with E-state index in [1.54, 1.807) is 11.3 Å². The summed E-state index contributed by atoms with van der Waals surface area (Å²) in [6.07, 6.45) is 0.755. The maximum absolute atomic E-state index is 9.53. The molecule has 3 nitrogen and oxygen atoms in total. The van der Waals surface area contributed by atoms with Crippen molar-refractivity contribution in [2.24, 2.45) is 0 Å². The van der Waals surface area contributed by atoms with E-state index in [2.05, 4.69) is 146 Å². The van der Waals surface area contributed by atoms with Gasteiger partial charge in [-0.2, -0.15) is 5.26 Å². The van der Waals surface area contributed by atoms with Gasteiger partial charge in [0.2, 0.25) is 0 Å². The maximum atomic E-state index is 9.53. The molecule has 11 rings (SSSR count). The topological polar surface area (TPSA) is 49.6 Å². The summed E-state index contributed by atoms with van der Waals surface area (Å²) in [4.78, 5) is 11.6. The van der Waals surface area contributed by atoms with Gasteiger partial charge in [-0.15, -0.1) is 22.7 Å².